The average Bonchev–Trinajstić information content (AvgIpc) is 2.82. The molecule has 7 heteroatoms. The van der Waals surface area contributed by atoms with E-state index in [1.807, 2.05) is 48.5 Å². The fourth-order valence-corrected chi connectivity index (χ4v) is 4.42. The van der Waals surface area contributed by atoms with E-state index in [2.05, 4.69) is 26.2 Å². The van der Waals surface area contributed by atoms with Crippen molar-refractivity contribution >= 4 is 45.2 Å². The largest absolute Gasteiger partial charge is 0.350 e. The van der Waals surface area contributed by atoms with E-state index >= 15 is 0 Å². The summed E-state index contributed by atoms with van der Waals surface area (Å²) in [6.45, 7) is 0.325. The van der Waals surface area contributed by atoms with Gasteiger partial charge < -0.3 is 5.32 Å². The van der Waals surface area contributed by atoms with Gasteiger partial charge in [0.25, 0.3) is 5.91 Å². The van der Waals surface area contributed by atoms with Crippen LogP contribution in [0.4, 0.5) is 5.69 Å². The number of nitrogens with one attached hydrogen (secondary N) is 1. The van der Waals surface area contributed by atoms with Crippen LogP contribution in [0.25, 0.3) is 0 Å². The van der Waals surface area contributed by atoms with Gasteiger partial charge in [-0.2, -0.15) is 0 Å². The lowest BCUT2D eigenvalue weighted by atomic mass is 10.2. The summed E-state index contributed by atoms with van der Waals surface area (Å²) in [7, 11) is 0. The Morgan fingerprint density at radius 1 is 1.11 bits per heavy atom. The maximum atomic E-state index is 13.2. The number of benzene rings is 2. The molecule has 5 nitrogen and oxygen atoms in total. The number of rotatable bonds is 4. The molecule has 2 amide bonds. The minimum atomic E-state index is -0.229. The van der Waals surface area contributed by atoms with Gasteiger partial charge in [0, 0.05) is 22.1 Å². The van der Waals surface area contributed by atoms with Gasteiger partial charge >= 0.3 is 0 Å². The van der Waals surface area contributed by atoms with Crippen LogP contribution in [0.15, 0.2) is 81.3 Å². The molecule has 0 radical (unpaired) electrons. The Morgan fingerprint density at radius 2 is 1.96 bits per heavy atom. The Labute approximate surface area is 175 Å². The van der Waals surface area contributed by atoms with Crippen molar-refractivity contribution in [3.63, 3.8) is 0 Å². The molecule has 2 heterocycles. The fourth-order valence-electron chi connectivity index (χ4n) is 2.96. The zero-order valence-electron chi connectivity index (χ0n) is 14.8. The monoisotopic (exact) mass is 453 g/mol. The first-order valence-electron chi connectivity index (χ1n) is 8.67. The van der Waals surface area contributed by atoms with E-state index in [0.29, 0.717) is 22.8 Å². The van der Waals surface area contributed by atoms with Crippen molar-refractivity contribution in [3.05, 3.63) is 82.5 Å². The molecule has 0 bridgehead atoms. The van der Waals surface area contributed by atoms with Crippen LogP contribution in [-0.4, -0.2) is 23.3 Å². The highest BCUT2D eigenvalue weighted by Gasteiger charge is 2.29. The molecule has 1 aliphatic heterocycles. The highest BCUT2D eigenvalue weighted by Crippen LogP contribution is 2.39. The number of halogens is 1. The molecule has 0 spiro atoms. The number of carbonyl (C=O) groups is 2. The molecule has 3 aromatic rings. The second-order valence-corrected chi connectivity index (χ2v) is 8.17. The summed E-state index contributed by atoms with van der Waals surface area (Å²) in [4.78, 5) is 32.5. The van der Waals surface area contributed by atoms with Crippen molar-refractivity contribution in [2.45, 2.75) is 16.5 Å². The van der Waals surface area contributed by atoms with Crippen molar-refractivity contribution < 1.29 is 9.59 Å². The molecular formula is C21H16BrN3O2S. The summed E-state index contributed by atoms with van der Waals surface area (Å²) in [5, 5.41) is 3.60. The Balaban J connectivity index is 1.57. The predicted octanol–water partition coefficient (Wildman–Crippen LogP) is 4.27. The summed E-state index contributed by atoms with van der Waals surface area (Å²) in [5.41, 5.74) is 2.20. The molecule has 28 heavy (non-hydrogen) atoms. The summed E-state index contributed by atoms with van der Waals surface area (Å²) in [5.74, 6) is -0.431. The number of pyridine rings is 1. The van der Waals surface area contributed by atoms with Crippen LogP contribution in [0.1, 0.15) is 15.9 Å². The lowest BCUT2D eigenvalue weighted by molar-refractivity contribution is -0.119. The van der Waals surface area contributed by atoms with Crippen molar-refractivity contribution in [1.29, 1.82) is 0 Å². The second-order valence-electron chi connectivity index (χ2n) is 6.22. The molecule has 140 valence electrons. The maximum absolute atomic E-state index is 13.2. The minimum Gasteiger partial charge on any atom is -0.350 e. The molecule has 1 N–H and O–H groups in total. The number of nitrogens with zero attached hydrogens (tertiary/aromatic N) is 2. The van der Waals surface area contributed by atoms with Gasteiger partial charge in [0.15, 0.2) is 0 Å². The molecule has 0 atom stereocenters. The molecule has 4 rings (SSSR count). The molecule has 0 unspecified atom stereocenters. The van der Waals surface area contributed by atoms with Gasteiger partial charge in [0.2, 0.25) is 5.91 Å². The fraction of sp³-hybridized carbons (Fsp3) is 0.0952. The molecule has 0 fully saturated rings. The van der Waals surface area contributed by atoms with Gasteiger partial charge in [-0.25, -0.2) is 4.98 Å². The van der Waals surface area contributed by atoms with E-state index < -0.39 is 0 Å². The standard InChI is InChI=1S/C21H16BrN3O2S/c22-15-6-3-5-14(11-15)12-24-19(26)13-25-17-8-4-10-23-20(17)28-18-9-2-1-7-16(18)21(25)27/h1-11H,12-13H2,(H,24,26). The van der Waals surface area contributed by atoms with Gasteiger partial charge in [0.05, 0.1) is 11.3 Å². The highest BCUT2D eigenvalue weighted by molar-refractivity contribution is 9.10. The highest BCUT2D eigenvalue weighted by atomic mass is 79.9. The quantitative estimate of drug-likeness (QED) is 0.640. The second kappa shape index (κ2) is 8.16. The minimum absolute atomic E-state index is 0.0690. The van der Waals surface area contributed by atoms with Crippen molar-refractivity contribution in [2.24, 2.45) is 0 Å². The first-order chi connectivity index (χ1) is 13.6. The molecule has 0 aliphatic carbocycles. The van der Waals surface area contributed by atoms with Crippen LogP contribution in [0.3, 0.4) is 0 Å². The number of carbonyl (C=O) groups excluding carboxylic acids is 2. The topological polar surface area (TPSA) is 62.3 Å². The number of amides is 2. The summed E-state index contributed by atoms with van der Waals surface area (Å²) in [6.07, 6.45) is 1.69. The van der Waals surface area contributed by atoms with E-state index in [1.165, 1.54) is 16.7 Å². The van der Waals surface area contributed by atoms with Crippen molar-refractivity contribution in [3.8, 4) is 0 Å². The lowest BCUT2D eigenvalue weighted by Gasteiger charge is -2.22. The predicted molar refractivity (Wildman–Crippen MR) is 112 cm³/mol. The molecule has 1 aliphatic rings. The third kappa shape index (κ3) is 3.95. The van der Waals surface area contributed by atoms with Gasteiger partial charge in [0.1, 0.15) is 11.6 Å². The lowest BCUT2D eigenvalue weighted by Crippen LogP contribution is -2.40. The smallest absolute Gasteiger partial charge is 0.259 e. The van der Waals surface area contributed by atoms with Crippen LogP contribution in [0.5, 0.6) is 0 Å². The normalized spacial score (nSPS) is 12.8. The Bertz CT molecular complexity index is 1060. The first kappa shape index (κ1) is 18.7. The third-order valence-corrected chi connectivity index (χ3v) is 5.87. The van der Waals surface area contributed by atoms with Crippen LogP contribution in [0, 0.1) is 0 Å². The molecule has 0 saturated heterocycles. The zero-order valence-corrected chi connectivity index (χ0v) is 17.2. The van der Waals surface area contributed by atoms with E-state index in [1.54, 1.807) is 18.3 Å². The van der Waals surface area contributed by atoms with Gasteiger partial charge in [-0.15, -0.1) is 0 Å². The van der Waals surface area contributed by atoms with Crippen LogP contribution in [-0.2, 0) is 11.3 Å². The van der Waals surface area contributed by atoms with E-state index in [-0.39, 0.29) is 18.4 Å². The van der Waals surface area contributed by atoms with Gasteiger partial charge in [-0.1, -0.05) is 52.0 Å². The number of fused-ring (bicyclic) bond motifs is 2. The SMILES string of the molecule is O=C(CN1C(=O)c2ccccc2Sc2ncccc21)NCc1cccc(Br)c1. The summed E-state index contributed by atoms with van der Waals surface area (Å²) >= 11 is 4.86. The Kier molecular flexibility index (Phi) is 5.45. The Morgan fingerprint density at radius 3 is 2.82 bits per heavy atom. The summed E-state index contributed by atoms with van der Waals surface area (Å²) in [6, 6.07) is 18.7. The molecule has 2 aromatic carbocycles. The number of hydrogen-bond acceptors (Lipinski definition) is 4. The number of anilines is 1. The average molecular weight is 454 g/mol. The van der Waals surface area contributed by atoms with E-state index in [9.17, 15) is 9.59 Å². The third-order valence-electron chi connectivity index (χ3n) is 4.29. The van der Waals surface area contributed by atoms with Crippen LogP contribution in [0.2, 0.25) is 0 Å². The van der Waals surface area contributed by atoms with Gasteiger partial charge in [-0.3, -0.25) is 14.5 Å². The molecule has 0 saturated carbocycles. The van der Waals surface area contributed by atoms with Crippen molar-refractivity contribution in [2.75, 3.05) is 11.4 Å². The van der Waals surface area contributed by atoms with Gasteiger partial charge in [-0.05, 0) is 42.0 Å². The molecule has 1 aromatic heterocycles. The Hall–Kier alpha value is -2.64. The summed E-state index contributed by atoms with van der Waals surface area (Å²) < 4.78 is 0.954. The maximum Gasteiger partial charge on any atom is 0.259 e. The van der Waals surface area contributed by atoms with Crippen molar-refractivity contribution in [1.82, 2.24) is 10.3 Å². The number of hydrogen-bond donors (Lipinski definition) is 1. The molecular weight excluding hydrogens is 438 g/mol. The van der Waals surface area contributed by atoms with Crippen LogP contribution >= 0.6 is 27.7 Å². The van der Waals surface area contributed by atoms with E-state index in [4.69, 9.17) is 0 Å². The number of aromatic nitrogens is 1. The van der Waals surface area contributed by atoms with E-state index in [0.717, 1.165) is 14.9 Å². The zero-order chi connectivity index (χ0) is 19.5. The first-order valence-corrected chi connectivity index (χ1v) is 10.3. The van der Waals surface area contributed by atoms with Crippen LogP contribution < -0.4 is 10.2 Å².